The standard InChI is InChI=1S/C22H33N3O3/c1-16(2)18-7-3-8-19(12-18)28-15-21(26)25-11-5-6-17(14-25)13-24-22(27)20-9-4-10-23-20/h3,7-8,12,16-17,20,23H,4-6,9-11,13-15H2,1-2H3,(H,24,27). The second-order valence-electron chi connectivity index (χ2n) is 8.26. The van der Waals surface area contributed by atoms with Crippen LogP contribution in [0.3, 0.4) is 0 Å². The molecule has 1 aromatic rings. The van der Waals surface area contributed by atoms with E-state index in [-0.39, 0.29) is 24.5 Å². The van der Waals surface area contributed by atoms with E-state index >= 15 is 0 Å². The average Bonchev–Trinajstić information content (AvgIpc) is 3.25. The molecule has 6 heteroatoms. The van der Waals surface area contributed by atoms with Crippen LogP contribution in [0, 0.1) is 5.92 Å². The molecule has 3 rings (SSSR count). The molecule has 154 valence electrons. The Balaban J connectivity index is 1.43. The summed E-state index contributed by atoms with van der Waals surface area (Å²) in [7, 11) is 0. The summed E-state index contributed by atoms with van der Waals surface area (Å²) in [6.07, 6.45) is 3.98. The van der Waals surface area contributed by atoms with Gasteiger partial charge in [0, 0.05) is 19.6 Å². The topological polar surface area (TPSA) is 70.7 Å². The Bertz CT molecular complexity index is 671. The maximum absolute atomic E-state index is 12.6. The molecule has 2 N–H and O–H groups in total. The molecule has 1 aromatic carbocycles. The monoisotopic (exact) mass is 387 g/mol. The fraction of sp³-hybridized carbons (Fsp3) is 0.636. The number of hydrogen-bond donors (Lipinski definition) is 2. The van der Waals surface area contributed by atoms with Crippen molar-refractivity contribution < 1.29 is 14.3 Å². The Labute approximate surface area is 168 Å². The van der Waals surface area contributed by atoms with Gasteiger partial charge in [-0.3, -0.25) is 9.59 Å². The van der Waals surface area contributed by atoms with Crippen LogP contribution in [-0.4, -0.2) is 55.5 Å². The highest BCUT2D eigenvalue weighted by atomic mass is 16.5. The third-order valence-corrected chi connectivity index (χ3v) is 5.70. The van der Waals surface area contributed by atoms with Gasteiger partial charge in [-0.15, -0.1) is 0 Å². The summed E-state index contributed by atoms with van der Waals surface area (Å²) in [5.74, 6) is 1.59. The van der Waals surface area contributed by atoms with Crippen molar-refractivity contribution in [3.8, 4) is 5.75 Å². The lowest BCUT2D eigenvalue weighted by atomic mass is 9.97. The van der Waals surface area contributed by atoms with Crippen molar-refractivity contribution >= 4 is 11.8 Å². The van der Waals surface area contributed by atoms with Crippen molar-refractivity contribution in [1.82, 2.24) is 15.5 Å². The molecule has 2 aliphatic heterocycles. The van der Waals surface area contributed by atoms with E-state index in [2.05, 4.69) is 30.5 Å². The first-order valence-electron chi connectivity index (χ1n) is 10.5. The number of benzene rings is 1. The molecule has 0 saturated carbocycles. The molecule has 2 unspecified atom stereocenters. The predicted molar refractivity (Wildman–Crippen MR) is 109 cm³/mol. The van der Waals surface area contributed by atoms with Crippen molar-refractivity contribution in [2.45, 2.75) is 51.5 Å². The van der Waals surface area contributed by atoms with E-state index < -0.39 is 0 Å². The SMILES string of the molecule is CC(C)c1cccc(OCC(=O)N2CCCC(CNC(=O)C3CCCN3)C2)c1. The molecule has 2 aliphatic rings. The molecule has 0 aliphatic carbocycles. The minimum atomic E-state index is -0.0451. The molecule has 2 atom stereocenters. The number of nitrogens with zero attached hydrogens (tertiary/aromatic N) is 1. The number of carbonyl (C=O) groups excluding carboxylic acids is 2. The minimum absolute atomic E-state index is 0.0171. The van der Waals surface area contributed by atoms with E-state index in [1.807, 2.05) is 23.1 Å². The van der Waals surface area contributed by atoms with Crippen LogP contribution in [0.2, 0.25) is 0 Å². The Morgan fingerprint density at radius 1 is 1.29 bits per heavy atom. The van der Waals surface area contributed by atoms with E-state index in [0.29, 0.717) is 24.9 Å². The highest BCUT2D eigenvalue weighted by Gasteiger charge is 2.26. The number of hydrogen-bond acceptors (Lipinski definition) is 4. The zero-order valence-corrected chi connectivity index (χ0v) is 17.1. The van der Waals surface area contributed by atoms with Crippen molar-refractivity contribution in [3.63, 3.8) is 0 Å². The number of carbonyl (C=O) groups is 2. The predicted octanol–water partition coefficient (Wildman–Crippen LogP) is 2.30. The van der Waals surface area contributed by atoms with Crippen LogP contribution in [-0.2, 0) is 9.59 Å². The van der Waals surface area contributed by atoms with Crippen LogP contribution < -0.4 is 15.4 Å². The lowest BCUT2D eigenvalue weighted by Crippen LogP contribution is -2.47. The lowest BCUT2D eigenvalue weighted by molar-refractivity contribution is -0.135. The highest BCUT2D eigenvalue weighted by Crippen LogP contribution is 2.21. The van der Waals surface area contributed by atoms with Gasteiger partial charge < -0.3 is 20.3 Å². The summed E-state index contributed by atoms with van der Waals surface area (Å²) in [5, 5.41) is 6.28. The minimum Gasteiger partial charge on any atom is -0.484 e. The molecule has 28 heavy (non-hydrogen) atoms. The van der Waals surface area contributed by atoms with Gasteiger partial charge in [0.05, 0.1) is 6.04 Å². The highest BCUT2D eigenvalue weighted by molar-refractivity contribution is 5.82. The molecule has 6 nitrogen and oxygen atoms in total. The van der Waals surface area contributed by atoms with Crippen LogP contribution in [0.5, 0.6) is 5.75 Å². The summed E-state index contributed by atoms with van der Waals surface area (Å²) >= 11 is 0. The first-order chi connectivity index (χ1) is 13.5. The fourth-order valence-electron chi connectivity index (χ4n) is 3.93. The Morgan fingerprint density at radius 3 is 2.89 bits per heavy atom. The van der Waals surface area contributed by atoms with Crippen molar-refractivity contribution in [1.29, 1.82) is 0 Å². The maximum atomic E-state index is 12.6. The van der Waals surface area contributed by atoms with Gasteiger partial charge in [0.15, 0.2) is 6.61 Å². The van der Waals surface area contributed by atoms with Crippen LogP contribution in [0.15, 0.2) is 24.3 Å². The van der Waals surface area contributed by atoms with Gasteiger partial charge in [-0.05, 0) is 61.8 Å². The third kappa shape index (κ3) is 5.71. The number of rotatable bonds is 7. The van der Waals surface area contributed by atoms with Gasteiger partial charge in [0.25, 0.3) is 5.91 Å². The number of piperidine rings is 1. The zero-order chi connectivity index (χ0) is 19.9. The first kappa shape index (κ1) is 20.6. The number of likely N-dealkylation sites (tertiary alicyclic amines) is 1. The van der Waals surface area contributed by atoms with Crippen LogP contribution >= 0.6 is 0 Å². The average molecular weight is 388 g/mol. The quantitative estimate of drug-likeness (QED) is 0.753. The molecule has 2 amide bonds. The molecule has 2 heterocycles. The Hall–Kier alpha value is -2.08. The number of ether oxygens (including phenoxy) is 1. The van der Waals surface area contributed by atoms with E-state index in [1.165, 1.54) is 5.56 Å². The molecule has 0 spiro atoms. The van der Waals surface area contributed by atoms with Crippen LogP contribution in [0.25, 0.3) is 0 Å². The van der Waals surface area contributed by atoms with Gasteiger partial charge in [-0.25, -0.2) is 0 Å². The largest absolute Gasteiger partial charge is 0.484 e. The summed E-state index contributed by atoms with van der Waals surface area (Å²) in [6, 6.07) is 7.89. The normalized spacial score (nSPS) is 22.3. The molecule has 0 radical (unpaired) electrons. The lowest BCUT2D eigenvalue weighted by Gasteiger charge is -2.33. The van der Waals surface area contributed by atoms with Gasteiger partial charge >= 0.3 is 0 Å². The van der Waals surface area contributed by atoms with Crippen molar-refractivity contribution in [2.24, 2.45) is 5.92 Å². The molecule has 0 aromatic heterocycles. The van der Waals surface area contributed by atoms with E-state index in [1.54, 1.807) is 0 Å². The second-order valence-corrected chi connectivity index (χ2v) is 8.26. The second kappa shape index (κ2) is 9.92. The van der Waals surface area contributed by atoms with Gasteiger partial charge in [-0.1, -0.05) is 26.0 Å². The molecule has 2 saturated heterocycles. The summed E-state index contributed by atoms with van der Waals surface area (Å²) in [6.45, 7) is 7.35. The molecular formula is C22H33N3O3. The summed E-state index contributed by atoms with van der Waals surface area (Å²) < 4.78 is 5.74. The molecule has 2 fully saturated rings. The van der Waals surface area contributed by atoms with Crippen molar-refractivity contribution in [3.05, 3.63) is 29.8 Å². The molecular weight excluding hydrogens is 354 g/mol. The smallest absolute Gasteiger partial charge is 0.260 e. The summed E-state index contributed by atoms with van der Waals surface area (Å²) in [4.78, 5) is 26.6. The Morgan fingerprint density at radius 2 is 2.14 bits per heavy atom. The van der Waals surface area contributed by atoms with Crippen molar-refractivity contribution in [2.75, 3.05) is 32.8 Å². The van der Waals surface area contributed by atoms with Crippen LogP contribution in [0.4, 0.5) is 0 Å². The van der Waals surface area contributed by atoms with Crippen LogP contribution in [0.1, 0.15) is 51.0 Å². The van der Waals surface area contributed by atoms with E-state index in [0.717, 1.165) is 44.5 Å². The van der Waals surface area contributed by atoms with Gasteiger partial charge in [0.2, 0.25) is 5.91 Å². The number of nitrogens with one attached hydrogen (secondary N) is 2. The Kier molecular flexibility index (Phi) is 7.31. The van der Waals surface area contributed by atoms with Gasteiger partial charge in [-0.2, -0.15) is 0 Å². The zero-order valence-electron chi connectivity index (χ0n) is 17.1. The van der Waals surface area contributed by atoms with Gasteiger partial charge in [0.1, 0.15) is 5.75 Å². The maximum Gasteiger partial charge on any atom is 0.260 e. The van der Waals surface area contributed by atoms with E-state index in [9.17, 15) is 9.59 Å². The first-order valence-corrected chi connectivity index (χ1v) is 10.5. The van der Waals surface area contributed by atoms with E-state index in [4.69, 9.17) is 4.74 Å². The third-order valence-electron chi connectivity index (χ3n) is 5.70. The molecule has 0 bridgehead atoms. The number of amides is 2. The summed E-state index contributed by atoms with van der Waals surface area (Å²) in [5.41, 5.74) is 1.20. The fourth-order valence-corrected chi connectivity index (χ4v) is 3.93.